The van der Waals surface area contributed by atoms with E-state index in [2.05, 4.69) is 20.6 Å². The molecular formula is C23H19N5O. The van der Waals surface area contributed by atoms with E-state index in [9.17, 15) is 4.79 Å². The maximum atomic E-state index is 11.9. The minimum Gasteiger partial charge on any atom is -0.340 e. The predicted molar refractivity (Wildman–Crippen MR) is 114 cm³/mol. The molecule has 1 saturated carbocycles. The third kappa shape index (κ3) is 3.78. The molecule has 142 valence electrons. The predicted octanol–water partition coefficient (Wildman–Crippen LogP) is 4.78. The highest BCUT2D eigenvalue weighted by Gasteiger charge is 2.29. The highest BCUT2D eigenvalue weighted by molar-refractivity contribution is 5.95. The lowest BCUT2D eigenvalue weighted by Crippen LogP contribution is -2.13. The molecule has 1 aliphatic carbocycles. The Kier molecular flexibility index (Phi) is 4.37. The number of rotatable bonds is 5. The average Bonchev–Trinajstić information content (AvgIpc) is 3.61. The van der Waals surface area contributed by atoms with E-state index in [1.807, 2.05) is 60.7 Å². The topological polar surface area (TPSA) is 79.8 Å². The summed E-state index contributed by atoms with van der Waals surface area (Å²) in [6, 6.07) is 19.4. The second kappa shape index (κ2) is 7.31. The number of para-hydroxylation sites is 1. The first-order valence-corrected chi connectivity index (χ1v) is 9.61. The van der Waals surface area contributed by atoms with Gasteiger partial charge in [0.2, 0.25) is 5.91 Å². The van der Waals surface area contributed by atoms with E-state index < -0.39 is 0 Å². The first kappa shape index (κ1) is 17.3. The molecule has 0 aliphatic heterocycles. The fourth-order valence-electron chi connectivity index (χ4n) is 3.16. The second-order valence-corrected chi connectivity index (χ2v) is 7.12. The van der Waals surface area contributed by atoms with Crippen LogP contribution in [0.3, 0.4) is 0 Å². The molecule has 5 rings (SSSR count). The molecule has 0 spiro atoms. The molecule has 2 N–H and O–H groups in total. The molecule has 2 heterocycles. The van der Waals surface area contributed by atoms with E-state index in [1.165, 1.54) is 0 Å². The van der Waals surface area contributed by atoms with Crippen LogP contribution in [0.4, 0.5) is 17.2 Å². The maximum absolute atomic E-state index is 11.9. The number of amides is 1. The summed E-state index contributed by atoms with van der Waals surface area (Å²) in [6.45, 7) is 0. The molecule has 0 bridgehead atoms. The number of nitrogens with one attached hydrogen (secondary N) is 2. The standard InChI is InChI=1S/C23H19N5O/c29-23(15-7-8-15)26-18-11-9-17(10-12-18)25-22-19-5-1-2-6-20(19)27-21(28-22)16-4-3-13-24-14-16/h1-6,9-15H,7-8H2,(H,26,29)(H,25,27,28). The number of aromatic nitrogens is 3. The monoisotopic (exact) mass is 381 g/mol. The van der Waals surface area contributed by atoms with Gasteiger partial charge in [-0.15, -0.1) is 0 Å². The third-order valence-corrected chi connectivity index (χ3v) is 4.89. The second-order valence-electron chi connectivity index (χ2n) is 7.12. The van der Waals surface area contributed by atoms with Crippen LogP contribution in [0.1, 0.15) is 12.8 Å². The van der Waals surface area contributed by atoms with Gasteiger partial charge in [-0.3, -0.25) is 9.78 Å². The molecule has 2 aromatic carbocycles. The summed E-state index contributed by atoms with van der Waals surface area (Å²) in [5, 5.41) is 7.28. The molecule has 0 atom stereocenters. The number of hydrogen-bond acceptors (Lipinski definition) is 5. The Morgan fingerprint density at radius 3 is 2.45 bits per heavy atom. The van der Waals surface area contributed by atoms with Crippen molar-refractivity contribution in [2.45, 2.75) is 12.8 Å². The van der Waals surface area contributed by atoms with Crippen molar-refractivity contribution in [3.05, 3.63) is 73.1 Å². The number of pyridine rings is 1. The van der Waals surface area contributed by atoms with Crippen LogP contribution in [0.25, 0.3) is 22.3 Å². The molecule has 0 radical (unpaired) electrons. The number of hydrogen-bond donors (Lipinski definition) is 2. The van der Waals surface area contributed by atoms with Gasteiger partial charge in [0, 0.05) is 40.6 Å². The van der Waals surface area contributed by atoms with Crippen molar-refractivity contribution in [1.29, 1.82) is 0 Å². The Labute approximate surface area is 168 Å². The lowest BCUT2D eigenvalue weighted by Gasteiger charge is -2.12. The van der Waals surface area contributed by atoms with Crippen molar-refractivity contribution in [3.8, 4) is 11.4 Å². The fraction of sp³-hybridized carbons (Fsp3) is 0.130. The molecule has 2 aromatic heterocycles. The average molecular weight is 381 g/mol. The minimum atomic E-state index is 0.105. The summed E-state index contributed by atoms with van der Waals surface area (Å²) >= 11 is 0. The molecular weight excluding hydrogens is 362 g/mol. The van der Waals surface area contributed by atoms with E-state index in [0.29, 0.717) is 5.82 Å². The van der Waals surface area contributed by atoms with Gasteiger partial charge in [0.25, 0.3) is 0 Å². The number of carbonyl (C=O) groups excluding carboxylic acids is 1. The van der Waals surface area contributed by atoms with E-state index in [1.54, 1.807) is 12.4 Å². The number of benzene rings is 2. The Morgan fingerprint density at radius 1 is 0.897 bits per heavy atom. The van der Waals surface area contributed by atoms with Gasteiger partial charge in [-0.05, 0) is 61.4 Å². The van der Waals surface area contributed by atoms with Crippen molar-refractivity contribution >= 4 is 34.0 Å². The molecule has 29 heavy (non-hydrogen) atoms. The summed E-state index contributed by atoms with van der Waals surface area (Å²) < 4.78 is 0. The Hall–Kier alpha value is -3.80. The summed E-state index contributed by atoms with van der Waals surface area (Å²) in [5.41, 5.74) is 3.41. The van der Waals surface area contributed by atoms with Crippen LogP contribution in [0.2, 0.25) is 0 Å². The van der Waals surface area contributed by atoms with E-state index >= 15 is 0 Å². The van der Waals surface area contributed by atoms with Crippen LogP contribution < -0.4 is 10.6 Å². The van der Waals surface area contributed by atoms with E-state index in [-0.39, 0.29) is 11.8 Å². The molecule has 0 saturated heterocycles. The van der Waals surface area contributed by atoms with Gasteiger partial charge >= 0.3 is 0 Å². The Morgan fingerprint density at radius 2 is 1.69 bits per heavy atom. The van der Waals surface area contributed by atoms with Crippen molar-refractivity contribution in [2.75, 3.05) is 10.6 Å². The molecule has 1 amide bonds. The normalized spacial score (nSPS) is 13.2. The van der Waals surface area contributed by atoms with Crippen LogP contribution in [-0.4, -0.2) is 20.9 Å². The maximum Gasteiger partial charge on any atom is 0.227 e. The molecule has 6 heteroatoms. The van der Waals surface area contributed by atoms with E-state index in [4.69, 9.17) is 4.98 Å². The van der Waals surface area contributed by atoms with Crippen LogP contribution in [0.15, 0.2) is 73.1 Å². The summed E-state index contributed by atoms with van der Waals surface area (Å²) in [7, 11) is 0. The zero-order chi connectivity index (χ0) is 19.6. The van der Waals surface area contributed by atoms with Gasteiger partial charge in [-0.1, -0.05) is 12.1 Å². The zero-order valence-corrected chi connectivity index (χ0v) is 15.7. The molecule has 0 unspecified atom stereocenters. The first-order valence-electron chi connectivity index (χ1n) is 9.61. The van der Waals surface area contributed by atoms with Gasteiger partial charge < -0.3 is 10.6 Å². The molecule has 6 nitrogen and oxygen atoms in total. The van der Waals surface area contributed by atoms with Crippen LogP contribution in [0.5, 0.6) is 0 Å². The van der Waals surface area contributed by atoms with Crippen LogP contribution in [0, 0.1) is 5.92 Å². The van der Waals surface area contributed by atoms with Gasteiger partial charge in [0.05, 0.1) is 5.52 Å². The number of fused-ring (bicyclic) bond motifs is 1. The van der Waals surface area contributed by atoms with Crippen molar-refractivity contribution in [2.24, 2.45) is 5.92 Å². The number of anilines is 3. The summed E-state index contributed by atoms with van der Waals surface area (Å²) in [4.78, 5) is 25.5. The molecule has 1 aliphatic rings. The quantitative estimate of drug-likeness (QED) is 0.520. The highest BCUT2D eigenvalue weighted by atomic mass is 16.2. The zero-order valence-electron chi connectivity index (χ0n) is 15.7. The van der Waals surface area contributed by atoms with Crippen LogP contribution in [-0.2, 0) is 4.79 Å². The molecule has 4 aromatic rings. The number of nitrogens with zero attached hydrogens (tertiary/aromatic N) is 3. The lowest BCUT2D eigenvalue weighted by molar-refractivity contribution is -0.117. The lowest BCUT2D eigenvalue weighted by atomic mass is 10.2. The summed E-state index contributed by atoms with van der Waals surface area (Å²) in [5.74, 6) is 1.64. The molecule has 1 fully saturated rings. The number of carbonyl (C=O) groups is 1. The van der Waals surface area contributed by atoms with Crippen molar-refractivity contribution < 1.29 is 4.79 Å². The minimum absolute atomic E-state index is 0.105. The largest absolute Gasteiger partial charge is 0.340 e. The Balaban J connectivity index is 1.45. The van der Waals surface area contributed by atoms with Crippen molar-refractivity contribution in [3.63, 3.8) is 0 Å². The van der Waals surface area contributed by atoms with Gasteiger partial charge in [0.15, 0.2) is 5.82 Å². The van der Waals surface area contributed by atoms with Crippen molar-refractivity contribution in [1.82, 2.24) is 15.0 Å². The fourth-order valence-corrected chi connectivity index (χ4v) is 3.16. The SMILES string of the molecule is O=C(Nc1ccc(Nc2nc(-c3cccnc3)nc3ccccc23)cc1)C1CC1. The van der Waals surface area contributed by atoms with Gasteiger partial charge in [-0.2, -0.15) is 0 Å². The highest BCUT2D eigenvalue weighted by Crippen LogP contribution is 2.31. The third-order valence-electron chi connectivity index (χ3n) is 4.89. The first-order chi connectivity index (χ1) is 14.3. The van der Waals surface area contributed by atoms with Gasteiger partial charge in [-0.25, -0.2) is 9.97 Å². The van der Waals surface area contributed by atoms with Crippen LogP contribution >= 0.6 is 0 Å². The van der Waals surface area contributed by atoms with E-state index in [0.717, 1.165) is 46.5 Å². The van der Waals surface area contributed by atoms with Gasteiger partial charge in [0.1, 0.15) is 5.82 Å². The Bertz CT molecular complexity index is 1170. The smallest absolute Gasteiger partial charge is 0.227 e. The summed E-state index contributed by atoms with van der Waals surface area (Å²) in [6.07, 6.45) is 5.47.